The van der Waals surface area contributed by atoms with Gasteiger partial charge in [0, 0.05) is 38.8 Å². The largest absolute Gasteiger partial charge is 0.416 e. The number of likely N-dealkylation sites (tertiary alicyclic amines) is 1. The van der Waals surface area contributed by atoms with Crippen molar-refractivity contribution in [2.24, 2.45) is 0 Å². The maximum atomic E-state index is 12.8. The Bertz CT molecular complexity index is 907. The van der Waals surface area contributed by atoms with Gasteiger partial charge in [-0.15, -0.1) is 5.10 Å². The minimum absolute atomic E-state index is 0.205. The maximum Gasteiger partial charge on any atom is 0.416 e. The van der Waals surface area contributed by atoms with E-state index in [0.717, 1.165) is 57.7 Å². The number of nitrogens with zero attached hydrogens (tertiary/aromatic N) is 7. The number of amides is 1. The van der Waals surface area contributed by atoms with Crippen molar-refractivity contribution < 1.29 is 18.0 Å². The van der Waals surface area contributed by atoms with E-state index < -0.39 is 11.7 Å². The van der Waals surface area contributed by atoms with Gasteiger partial charge in [-0.2, -0.15) is 17.9 Å². The van der Waals surface area contributed by atoms with Gasteiger partial charge in [0.05, 0.1) is 24.3 Å². The Kier molecular flexibility index (Phi) is 6.75. The number of aromatic nitrogens is 4. The van der Waals surface area contributed by atoms with Crippen molar-refractivity contribution in [3.8, 4) is 5.69 Å². The monoisotopic (exact) mass is 451 g/mol. The van der Waals surface area contributed by atoms with Crippen LogP contribution in [0.5, 0.6) is 0 Å². The Balaban J connectivity index is 1.31. The van der Waals surface area contributed by atoms with E-state index in [1.54, 1.807) is 0 Å². The minimum Gasteiger partial charge on any atom is -0.339 e. The molecule has 0 bridgehead atoms. The number of piperazine rings is 1. The Hall–Kier alpha value is -2.53. The molecular formula is C21H28F3N7O. The second-order valence-corrected chi connectivity index (χ2v) is 8.54. The van der Waals surface area contributed by atoms with E-state index >= 15 is 0 Å². The number of hydrogen-bond acceptors (Lipinski definition) is 6. The van der Waals surface area contributed by atoms with E-state index in [0.29, 0.717) is 30.6 Å². The van der Waals surface area contributed by atoms with Crippen LogP contribution in [0.25, 0.3) is 5.69 Å². The smallest absolute Gasteiger partial charge is 0.339 e. The van der Waals surface area contributed by atoms with Crippen LogP contribution in [0.2, 0.25) is 0 Å². The Labute approximate surface area is 185 Å². The van der Waals surface area contributed by atoms with Crippen LogP contribution in [0.15, 0.2) is 24.3 Å². The highest BCUT2D eigenvalue weighted by molar-refractivity contribution is 5.78. The molecule has 0 N–H and O–H groups in total. The predicted octanol–water partition coefficient (Wildman–Crippen LogP) is 2.20. The maximum absolute atomic E-state index is 12.8. The summed E-state index contributed by atoms with van der Waals surface area (Å²) in [4.78, 5) is 19.1. The molecular weight excluding hydrogens is 423 g/mol. The molecule has 1 aromatic carbocycles. The Morgan fingerprint density at radius 1 is 1.03 bits per heavy atom. The number of rotatable bonds is 5. The molecule has 2 aliphatic rings. The summed E-state index contributed by atoms with van der Waals surface area (Å²) in [6.45, 7) is 6.99. The first-order valence-corrected chi connectivity index (χ1v) is 11.0. The normalized spacial score (nSPS) is 21.1. The van der Waals surface area contributed by atoms with Crippen LogP contribution in [-0.2, 0) is 17.5 Å². The first kappa shape index (κ1) is 22.7. The standard InChI is InChI=1S/C21H28F3N7O/c1-16-4-2-3-9-30(16)20(32)15-29-12-10-28(11-13-29)14-19-25-26-27-31(19)18-7-5-17(6-8-18)21(22,23)24/h5-8,16H,2-4,9-15H2,1H3. The van der Waals surface area contributed by atoms with Crippen molar-refractivity contribution in [3.63, 3.8) is 0 Å². The Morgan fingerprint density at radius 2 is 1.72 bits per heavy atom. The molecule has 0 spiro atoms. The van der Waals surface area contributed by atoms with Crippen molar-refractivity contribution in [1.82, 2.24) is 34.9 Å². The fourth-order valence-corrected chi connectivity index (χ4v) is 4.35. The molecule has 1 unspecified atom stereocenters. The topological polar surface area (TPSA) is 70.4 Å². The van der Waals surface area contributed by atoms with Crippen LogP contribution >= 0.6 is 0 Å². The highest BCUT2D eigenvalue weighted by Gasteiger charge is 2.30. The van der Waals surface area contributed by atoms with Crippen molar-refractivity contribution in [1.29, 1.82) is 0 Å². The zero-order valence-corrected chi connectivity index (χ0v) is 18.1. The average molecular weight is 451 g/mol. The SMILES string of the molecule is CC1CCCCN1C(=O)CN1CCN(Cc2nnnn2-c2ccc(C(F)(F)F)cc2)CC1. The third-order valence-electron chi connectivity index (χ3n) is 6.29. The second kappa shape index (κ2) is 9.53. The lowest BCUT2D eigenvalue weighted by Gasteiger charge is -2.37. The molecule has 2 aromatic rings. The molecule has 1 amide bonds. The fraction of sp³-hybridized carbons (Fsp3) is 0.619. The van der Waals surface area contributed by atoms with Gasteiger partial charge in [0.15, 0.2) is 5.82 Å². The van der Waals surface area contributed by atoms with Crippen LogP contribution in [0.4, 0.5) is 13.2 Å². The van der Waals surface area contributed by atoms with Crippen LogP contribution < -0.4 is 0 Å². The van der Waals surface area contributed by atoms with E-state index in [-0.39, 0.29) is 5.91 Å². The molecule has 32 heavy (non-hydrogen) atoms. The van der Waals surface area contributed by atoms with Gasteiger partial charge >= 0.3 is 6.18 Å². The number of carbonyl (C=O) groups is 1. The van der Waals surface area contributed by atoms with Crippen molar-refractivity contribution in [3.05, 3.63) is 35.7 Å². The summed E-state index contributed by atoms with van der Waals surface area (Å²) in [5, 5.41) is 11.7. The van der Waals surface area contributed by atoms with Crippen LogP contribution in [0.3, 0.4) is 0 Å². The van der Waals surface area contributed by atoms with Crippen molar-refractivity contribution in [2.45, 2.75) is 44.9 Å². The molecule has 0 saturated carbocycles. The number of carbonyl (C=O) groups excluding carboxylic acids is 1. The Morgan fingerprint density at radius 3 is 2.38 bits per heavy atom. The lowest BCUT2D eigenvalue weighted by Crippen LogP contribution is -2.52. The molecule has 11 heteroatoms. The third-order valence-corrected chi connectivity index (χ3v) is 6.29. The lowest BCUT2D eigenvalue weighted by molar-refractivity contribution is -0.138. The third kappa shape index (κ3) is 5.26. The molecule has 8 nitrogen and oxygen atoms in total. The molecule has 4 rings (SSSR count). The van der Waals surface area contributed by atoms with Gasteiger partial charge in [-0.1, -0.05) is 0 Å². The molecule has 2 aliphatic heterocycles. The number of halogens is 3. The first-order chi connectivity index (χ1) is 15.3. The zero-order valence-electron chi connectivity index (χ0n) is 18.1. The summed E-state index contributed by atoms with van der Waals surface area (Å²) in [5.74, 6) is 0.772. The molecule has 2 saturated heterocycles. The number of hydrogen-bond donors (Lipinski definition) is 0. The molecule has 2 fully saturated rings. The summed E-state index contributed by atoms with van der Waals surface area (Å²) in [6, 6.07) is 5.11. The molecule has 1 atom stereocenters. The van der Waals surface area contributed by atoms with E-state index in [9.17, 15) is 18.0 Å². The highest BCUT2D eigenvalue weighted by atomic mass is 19.4. The molecule has 174 valence electrons. The van der Waals surface area contributed by atoms with Gasteiger partial charge in [-0.05, 0) is 60.9 Å². The molecule has 0 aliphatic carbocycles. The van der Waals surface area contributed by atoms with Crippen LogP contribution in [0.1, 0.15) is 37.6 Å². The first-order valence-electron chi connectivity index (χ1n) is 11.0. The summed E-state index contributed by atoms with van der Waals surface area (Å²) in [6.07, 6.45) is -1.03. The zero-order chi connectivity index (χ0) is 22.7. The fourth-order valence-electron chi connectivity index (χ4n) is 4.35. The van der Waals surface area contributed by atoms with Gasteiger partial charge in [0.25, 0.3) is 0 Å². The van der Waals surface area contributed by atoms with Gasteiger partial charge in [-0.3, -0.25) is 14.6 Å². The van der Waals surface area contributed by atoms with Crippen LogP contribution in [0, 0.1) is 0 Å². The second-order valence-electron chi connectivity index (χ2n) is 8.54. The van der Waals surface area contributed by atoms with E-state index in [1.807, 2.05) is 4.90 Å². The van der Waals surface area contributed by atoms with Gasteiger partial charge < -0.3 is 4.90 Å². The average Bonchev–Trinajstić information content (AvgIpc) is 3.23. The quantitative estimate of drug-likeness (QED) is 0.694. The summed E-state index contributed by atoms with van der Waals surface area (Å²) < 4.78 is 39.9. The van der Waals surface area contributed by atoms with Crippen molar-refractivity contribution >= 4 is 5.91 Å². The van der Waals surface area contributed by atoms with E-state index in [2.05, 4.69) is 32.2 Å². The lowest BCUT2D eigenvalue weighted by atomic mass is 10.0. The highest BCUT2D eigenvalue weighted by Crippen LogP contribution is 2.29. The number of alkyl halides is 3. The molecule has 1 aromatic heterocycles. The van der Waals surface area contributed by atoms with Gasteiger partial charge in [0.1, 0.15) is 0 Å². The van der Waals surface area contributed by atoms with Gasteiger partial charge in [-0.25, -0.2) is 0 Å². The molecule has 0 radical (unpaired) electrons. The summed E-state index contributed by atoms with van der Waals surface area (Å²) >= 11 is 0. The van der Waals surface area contributed by atoms with Crippen molar-refractivity contribution in [2.75, 3.05) is 39.3 Å². The minimum atomic E-state index is -4.38. The van der Waals surface area contributed by atoms with E-state index in [4.69, 9.17) is 0 Å². The predicted molar refractivity (Wildman–Crippen MR) is 111 cm³/mol. The van der Waals surface area contributed by atoms with Crippen LogP contribution in [-0.4, -0.2) is 86.1 Å². The summed E-state index contributed by atoms with van der Waals surface area (Å²) in [7, 11) is 0. The number of tetrazole rings is 1. The number of piperidine rings is 1. The summed E-state index contributed by atoms with van der Waals surface area (Å²) in [5.41, 5.74) is -0.224. The molecule has 3 heterocycles. The van der Waals surface area contributed by atoms with Gasteiger partial charge in [0.2, 0.25) is 5.91 Å². The van der Waals surface area contributed by atoms with E-state index in [1.165, 1.54) is 23.2 Å². The number of benzene rings is 1.